The van der Waals surface area contributed by atoms with Gasteiger partial charge in [-0.1, -0.05) is 346 Å². The summed E-state index contributed by atoms with van der Waals surface area (Å²) in [7, 11) is 0. The average molecular weight is 1080 g/mol. The van der Waals surface area contributed by atoms with E-state index in [9.17, 15) is 19.8 Å². The van der Waals surface area contributed by atoms with Crippen molar-refractivity contribution < 1.29 is 24.5 Å². The monoisotopic (exact) mass is 1080 g/mol. The highest BCUT2D eigenvalue weighted by Gasteiger charge is 2.18. The molecule has 0 spiro atoms. The van der Waals surface area contributed by atoms with Gasteiger partial charge in [0.1, 0.15) is 0 Å². The van der Waals surface area contributed by atoms with Crippen LogP contribution in [0.5, 0.6) is 0 Å². The predicted octanol–water partition coefficient (Wildman–Crippen LogP) is 22.5. The van der Waals surface area contributed by atoms with E-state index in [0.717, 1.165) is 64.2 Å². The summed E-state index contributed by atoms with van der Waals surface area (Å²) in [5.41, 5.74) is 0. The number of hydrogen-bond acceptors (Lipinski definition) is 5. The highest BCUT2D eigenvalue weighted by molar-refractivity contribution is 5.76. The molecule has 0 saturated heterocycles. The molecule has 0 aromatic carbocycles. The van der Waals surface area contributed by atoms with Crippen molar-refractivity contribution in [3.8, 4) is 0 Å². The van der Waals surface area contributed by atoms with E-state index in [1.165, 1.54) is 302 Å². The Balaban J connectivity index is 3.46. The van der Waals surface area contributed by atoms with Crippen molar-refractivity contribution in [1.82, 2.24) is 5.32 Å². The molecule has 0 aliphatic carbocycles. The molecule has 456 valence electrons. The fraction of sp³-hybridized carbons (Fsp3) is 0.915. The maximum absolute atomic E-state index is 12.5. The molecule has 1 amide bonds. The number of nitrogens with one attached hydrogen (secondary N) is 1. The van der Waals surface area contributed by atoms with Gasteiger partial charge in [0.25, 0.3) is 0 Å². The van der Waals surface area contributed by atoms with Gasteiger partial charge in [-0.05, 0) is 57.8 Å². The van der Waals surface area contributed by atoms with E-state index < -0.39 is 12.1 Å². The SMILES string of the molecule is CCCCCCCCCCCCCCCCCCCCCCCCC/C=C/C(O)C(CO)NC(=O)CCCCCCC/C=C\CCCCCCCCCOC(=O)CCCCCCCCCCCCCCCCCCCCC. The Morgan fingerprint density at radius 3 is 0.922 bits per heavy atom. The van der Waals surface area contributed by atoms with Crippen LogP contribution in [0.1, 0.15) is 393 Å². The number of carbonyl (C=O) groups is 2. The summed E-state index contributed by atoms with van der Waals surface area (Å²) < 4.78 is 5.50. The minimum Gasteiger partial charge on any atom is -0.466 e. The van der Waals surface area contributed by atoms with E-state index in [0.29, 0.717) is 19.4 Å². The molecular weight excluding hydrogens is 947 g/mol. The summed E-state index contributed by atoms with van der Waals surface area (Å²) in [6.45, 7) is 4.92. The number of hydrogen-bond donors (Lipinski definition) is 3. The van der Waals surface area contributed by atoms with E-state index in [4.69, 9.17) is 4.74 Å². The van der Waals surface area contributed by atoms with Gasteiger partial charge in [-0.25, -0.2) is 0 Å². The van der Waals surface area contributed by atoms with E-state index >= 15 is 0 Å². The third-order valence-electron chi connectivity index (χ3n) is 16.5. The predicted molar refractivity (Wildman–Crippen MR) is 338 cm³/mol. The highest BCUT2D eigenvalue weighted by atomic mass is 16.5. The lowest BCUT2D eigenvalue weighted by Gasteiger charge is -2.20. The van der Waals surface area contributed by atoms with Crippen LogP contribution in [0.25, 0.3) is 0 Å². The zero-order valence-corrected chi connectivity index (χ0v) is 52.2. The summed E-state index contributed by atoms with van der Waals surface area (Å²) in [6, 6.07) is -0.642. The second kappa shape index (κ2) is 66.8. The summed E-state index contributed by atoms with van der Waals surface area (Å²) in [4.78, 5) is 24.6. The fourth-order valence-electron chi connectivity index (χ4n) is 11.1. The van der Waals surface area contributed by atoms with Gasteiger partial charge in [0, 0.05) is 12.8 Å². The van der Waals surface area contributed by atoms with Crippen molar-refractivity contribution in [3.05, 3.63) is 24.3 Å². The minimum absolute atomic E-state index is 0.00204. The molecule has 0 rings (SSSR count). The highest BCUT2D eigenvalue weighted by Crippen LogP contribution is 2.19. The first-order valence-corrected chi connectivity index (χ1v) is 35.1. The normalized spacial score (nSPS) is 12.6. The number of amides is 1. The van der Waals surface area contributed by atoms with Crippen LogP contribution in [0.2, 0.25) is 0 Å². The Labute approximate surface area is 481 Å². The third-order valence-corrected chi connectivity index (χ3v) is 16.5. The van der Waals surface area contributed by atoms with Crippen LogP contribution in [0.3, 0.4) is 0 Å². The summed E-state index contributed by atoms with van der Waals surface area (Å²) >= 11 is 0. The van der Waals surface area contributed by atoms with Crippen molar-refractivity contribution in [2.45, 2.75) is 405 Å². The van der Waals surface area contributed by atoms with E-state index in [1.54, 1.807) is 6.08 Å². The van der Waals surface area contributed by atoms with Crippen molar-refractivity contribution in [1.29, 1.82) is 0 Å². The van der Waals surface area contributed by atoms with E-state index in [-0.39, 0.29) is 18.5 Å². The Morgan fingerprint density at radius 1 is 0.351 bits per heavy atom. The molecule has 0 aliphatic heterocycles. The van der Waals surface area contributed by atoms with Crippen molar-refractivity contribution >= 4 is 11.9 Å². The molecule has 0 heterocycles. The molecule has 0 fully saturated rings. The van der Waals surface area contributed by atoms with Crippen LogP contribution in [0.15, 0.2) is 24.3 Å². The van der Waals surface area contributed by atoms with E-state index in [2.05, 4.69) is 31.3 Å². The lowest BCUT2D eigenvalue weighted by molar-refractivity contribution is -0.143. The lowest BCUT2D eigenvalue weighted by atomic mass is 10.0. The number of unbranched alkanes of at least 4 members (excludes halogenated alkanes) is 53. The molecule has 77 heavy (non-hydrogen) atoms. The smallest absolute Gasteiger partial charge is 0.305 e. The first kappa shape index (κ1) is 75.3. The second-order valence-corrected chi connectivity index (χ2v) is 24.2. The van der Waals surface area contributed by atoms with Crippen molar-refractivity contribution in [2.75, 3.05) is 13.2 Å². The van der Waals surface area contributed by atoms with Crippen LogP contribution in [0, 0.1) is 0 Å². The molecule has 2 atom stereocenters. The first-order chi connectivity index (χ1) is 38.0. The first-order valence-electron chi connectivity index (χ1n) is 35.1. The largest absolute Gasteiger partial charge is 0.466 e. The molecular formula is C71H137NO5. The molecule has 2 unspecified atom stereocenters. The average Bonchev–Trinajstić information content (AvgIpc) is 3.43. The maximum atomic E-state index is 12.5. The van der Waals surface area contributed by atoms with Gasteiger partial charge in [0.05, 0.1) is 25.4 Å². The van der Waals surface area contributed by atoms with Crippen LogP contribution < -0.4 is 5.32 Å². The molecule has 6 heteroatoms. The number of aliphatic hydroxyl groups is 2. The summed E-state index contributed by atoms with van der Waals surface area (Å²) in [5, 5.41) is 23.3. The van der Waals surface area contributed by atoms with Crippen molar-refractivity contribution in [2.24, 2.45) is 0 Å². The van der Waals surface area contributed by atoms with Gasteiger partial charge in [0.2, 0.25) is 5.91 Å². The maximum Gasteiger partial charge on any atom is 0.305 e. The minimum atomic E-state index is -0.857. The van der Waals surface area contributed by atoms with Gasteiger partial charge < -0.3 is 20.3 Å². The molecule has 0 bridgehead atoms. The molecule has 0 aromatic rings. The standard InChI is InChI=1S/C71H137NO5/c1-3-5-7-9-11-13-15-17-19-21-23-24-25-26-27-28-30-31-35-39-43-47-51-55-59-63-69(74)68(67-73)72-70(75)64-60-56-52-48-44-40-36-33-34-38-42-46-50-54-58-62-66-77-71(76)65-61-57-53-49-45-41-37-32-29-22-20-18-16-14-12-10-8-6-4-2/h33,36,59,63,68-69,73-74H,3-32,34-35,37-58,60-62,64-67H2,1-2H3,(H,72,75)/b36-33-,63-59+. The van der Waals surface area contributed by atoms with Crippen LogP contribution in [0.4, 0.5) is 0 Å². The van der Waals surface area contributed by atoms with Gasteiger partial charge in [-0.15, -0.1) is 0 Å². The molecule has 0 aromatic heterocycles. The summed E-state index contributed by atoms with van der Waals surface area (Å²) in [5.74, 6) is -0.0784. The van der Waals surface area contributed by atoms with Crippen LogP contribution in [-0.2, 0) is 14.3 Å². The number of carbonyl (C=O) groups excluding carboxylic acids is 2. The molecule has 3 N–H and O–H groups in total. The second-order valence-electron chi connectivity index (χ2n) is 24.2. The van der Waals surface area contributed by atoms with Gasteiger partial charge in [-0.2, -0.15) is 0 Å². The number of allylic oxidation sites excluding steroid dienone is 3. The molecule has 0 aliphatic rings. The Bertz CT molecular complexity index is 1200. The number of esters is 1. The Kier molecular flexibility index (Phi) is 65.4. The number of rotatable bonds is 66. The van der Waals surface area contributed by atoms with Gasteiger partial charge in [-0.3, -0.25) is 9.59 Å². The Morgan fingerprint density at radius 2 is 0.610 bits per heavy atom. The zero-order valence-electron chi connectivity index (χ0n) is 52.2. The van der Waals surface area contributed by atoms with Crippen LogP contribution >= 0.6 is 0 Å². The molecule has 0 radical (unpaired) electrons. The molecule has 0 saturated carbocycles. The number of aliphatic hydroxyl groups excluding tert-OH is 2. The third kappa shape index (κ3) is 63.4. The molecule has 6 nitrogen and oxygen atoms in total. The lowest BCUT2D eigenvalue weighted by Crippen LogP contribution is -2.45. The van der Waals surface area contributed by atoms with Gasteiger partial charge in [0.15, 0.2) is 0 Å². The Hall–Kier alpha value is -1.66. The number of ether oxygens (including phenoxy) is 1. The van der Waals surface area contributed by atoms with Crippen LogP contribution in [-0.4, -0.2) is 47.4 Å². The topological polar surface area (TPSA) is 95.9 Å². The van der Waals surface area contributed by atoms with E-state index in [1.807, 2.05) is 6.08 Å². The van der Waals surface area contributed by atoms with Gasteiger partial charge >= 0.3 is 5.97 Å². The fourth-order valence-corrected chi connectivity index (χ4v) is 11.1. The quantitative estimate of drug-likeness (QED) is 0.0320. The van der Waals surface area contributed by atoms with Crippen molar-refractivity contribution in [3.63, 3.8) is 0 Å². The summed E-state index contributed by atoms with van der Waals surface area (Å²) in [6.07, 6.45) is 83.9. The zero-order chi connectivity index (χ0) is 55.7.